The molecule has 480 valence electrons. The van der Waals surface area contributed by atoms with Crippen LogP contribution in [0.1, 0.15) is 125 Å². The van der Waals surface area contributed by atoms with E-state index in [1.54, 1.807) is 39.8 Å². The molecule has 0 spiro atoms. The first-order valence-corrected chi connectivity index (χ1v) is 32.3. The van der Waals surface area contributed by atoms with Crippen molar-refractivity contribution in [2.45, 2.75) is 186 Å². The quantitative estimate of drug-likeness (QED) is 0.0318. The van der Waals surface area contributed by atoms with Gasteiger partial charge in [-0.05, 0) is 86.3 Å². The molecule has 27 nitrogen and oxygen atoms in total. The first kappa shape index (κ1) is 71.6. The molecule has 3 aliphatic rings. The van der Waals surface area contributed by atoms with Crippen LogP contribution in [-0.2, 0) is 59.2 Å². The van der Waals surface area contributed by atoms with E-state index in [9.17, 15) is 63.0 Å². The lowest BCUT2D eigenvalue weighted by Crippen LogP contribution is -2.62. The number of carboxylic acids is 1. The zero-order chi connectivity index (χ0) is 63.9. The average molecular weight is 1250 g/mol. The summed E-state index contributed by atoms with van der Waals surface area (Å²) in [6, 6.07) is -6.49. The number of nitrogens with one attached hydrogen (secondary N) is 8. The van der Waals surface area contributed by atoms with Gasteiger partial charge in [-0.25, -0.2) is 0 Å². The van der Waals surface area contributed by atoms with Crippen LogP contribution in [0.5, 0.6) is 5.75 Å². The second-order valence-corrected chi connectivity index (χ2v) is 25.5. The molecule has 3 heterocycles. The first-order valence-electron chi connectivity index (χ1n) is 29.8. The van der Waals surface area contributed by atoms with E-state index in [0.717, 1.165) is 21.6 Å². The second-order valence-electron chi connectivity index (χ2n) is 23.0. The Labute approximate surface area is 511 Å². The van der Waals surface area contributed by atoms with Gasteiger partial charge >= 0.3 is 5.97 Å². The highest BCUT2D eigenvalue weighted by Crippen LogP contribution is 2.27. The summed E-state index contributed by atoms with van der Waals surface area (Å²) in [5, 5.41) is 41.5. The third-order valence-corrected chi connectivity index (χ3v) is 18.3. The van der Waals surface area contributed by atoms with E-state index in [2.05, 4.69) is 47.5 Å². The van der Waals surface area contributed by atoms with Gasteiger partial charge in [0.2, 0.25) is 59.1 Å². The molecule has 1 unspecified atom stereocenters. The molecule has 13 atom stereocenters. The molecule has 3 saturated heterocycles. The number of carboxylic acid groups (broad SMARTS) is 1. The summed E-state index contributed by atoms with van der Waals surface area (Å²) in [5.74, 6) is -11.0. The van der Waals surface area contributed by atoms with Gasteiger partial charge in [-0.1, -0.05) is 108 Å². The molecule has 0 saturated carbocycles. The van der Waals surface area contributed by atoms with Crippen molar-refractivity contribution >= 4 is 92.6 Å². The van der Waals surface area contributed by atoms with Crippen LogP contribution >= 0.6 is 21.6 Å². The third kappa shape index (κ3) is 21.5. The molecule has 3 fully saturated rings. The van der Waals surface area contributed by atoms with Gasteiger partial charge in [0.05, 0.1) is 6.04 Å². The number of fused-ring (bicyclic) bond motifs is 2. The van der Waals surface area contributed by atoms with Crippen molar-refractivity contribution in [2.75, 3.05) is 37.7 Å². The summed E-state index contributed by atoms with van der Waals surface area (Å²) in [4.78, 5) is 163. The fourth-order valence-electron chi connectivity index (χ4n) is 10.2. The van der Waals surface area contributed by atoms with Crippen LogP contribution in [-0.4, -0.2) is 189 Å². The molecule has 0 bridgehead atoms. The molecule has 4 rings (SSSR count). The number of hydrogen-bond acceptors (Lipinski definition) is 16. The molecule has 1 aromatic rings. The van der Waals surface area contributed by atoms with E-state index in [0.29, 0.717) is 44.1 Å². The fraction of sp³-hybridized carbons (Fsp3) is 0.684. The van der Waals surface area contributed by atoms with Crippen LogP contribution in [0.2, 0.25) is 0 Å². The predicted molar refractivity (Wildman–Crippen MR) is 326 cm³/mol. The number of aliphatic imine (C=N–C) groups is 1. The van der Waals surface area contributed by atoms with Gasteiger partial charge in [0, 0.05) is 37.6 Å². The number of rotatable bonds is 21. The Kier molecular flexibility index (Phi) is 29.2. The maximum Gasteiger partial charge on any atom is 0.322 e. The number of nitrogens with zero attached hydrogens (tertiary/aromatic N) is 3. The SMILES string of the molecule is CC[C@H](C)C1NC(=O)[C@@H](NC(=O)[C@H](CC(C)C)NC(=O)[C@@H](N)CCCN=C(N)N)CSSC[C@@H](C(=O)NCC(=O)O)NC(=O)[C@@H]2CCCN2C(=O)[C@H]([C@@H](C)CC)NC(=O)[C@H]([C@@H](C)CC)NC(=O)[C@H](Cc2ccc(O)cc2)NC(=O)[C@@H]2CCCN2C1=O. The predicted octanol–water partition coefficient (Wildman–Crippen LogP) is -0.529. The minimum Gasteiger partial charge on any atom is -0.508 e. The highest BCUT2D eigenvalue weighted by Gasteiger charge is 2.44. The molecule has 86 heavy (non-hydrogen) atoms. The van der Waals surface area contributed by atoms with E-state index in [1.165, 1.54) is 21.9 Å². The number of benzene rings is 1. The number of phenolic OH excluding ortho intramolecular Hbond substituents is 1. The van der Waals surface area contributed by atoms with Crippen molar-refractivity contribution < 1.29 is 63.0 Å². The van der Waals surface area contributed by atoms with E-state index in [1.807, 2.05) is 27.7 Å². The van der Waals surface area contributed by atoms with Crippen molar-refractivity contribution in [3.8, 4) is 5.75 Å². The summed E-state index contributed by atoms with van der Waals surface area (Å²) < 4.78 is 0. The zero-order valence-electron chi connectivity index (χ0n) is 50.7. The number of nitrogens with two attached hydrogens (primary N) is 3. The van der Waals surface area contributed by atoms with Gasteiger partial charge < -0.3 is 79.7 Å². The van der Waals surface area contributed by atoms with Gasteiger partial charge in [-0.15, -0.1) is 0 Å². The number of aromatic hydroxyl groups is 1. The van der Waals surface area contributed by atoms with E-state index in [-0.39, 0.29) is 80.9 Å². The van der Waals surface area contributed by atoms with Crippen LogP contribution in [0, 0.1) is 23.7 Å². The number of amides is 10. The van der Waals surface area contributed by atoms with Crippen LogP contribution in [0.15, 0.2) is 29.3 Å². The molecule has 0 radical (unpaired) electrons. The van der Waals surface area contributed by atoms with Crippen molar-refractivity contribution in [1.82, 2.24) is 52.3 Å². The Bertz CT molecular complexity index is 2560. The lowest BCUT2D eigenvalue weighted by molar-refractivity contribution is -0.144. The maximum absolute atomic E-state index is 15.0. The number of aliphatic carboxylic acids is 1. The largest absolute Gasteiger partial charge is 0.508 e. The van der Waals surface area contributed by atoms with E-state index < -0.39 is 150 Å². The van der Waals surface area contributed by atoms with Crippen LogP contribution in [0.25, 0.3) is 0 Å². The Balaban J connectivity index is 1.84. The Morgan fingerprint density at radius 1 is 0.698 bits per heavy atom. The fourth-order valence-corrected chi connectivity index (χ4v) is 12.5. The number of hydrogen-bond donors (Lipinski definition) is 13. The summed E-state index contributed by atoms with van der Waals surface area (Å²) >= 11 is 0. The molecule has 3 aliphatic heterocycles. The van der Waals surface area contributed by atoms with Gasteiger partial charge in [0.25, 0.3) is 0 Å². The first-order chi connectivity index (χ1) is 40.7. The van der Waals surface area contributed by atoms with Crippen LogP contribution < -0.4 is 59.7 Å². The monoisotopic (exact) mass is 1240 g/mol. The molecular weight excluding hydrogens is 1150 g/mol. The number of carbonyl (C=O) groups is 11. The molecule has 10 amide bonds. The highest BCUT2D eigenvalue weighted by molar-refractivity contribution is 8.76. The molecule has 0 aromatic heterocycles. The van der Waals surface area contributed by atoms with E-state index in [4.69, 9.17) is 17.2 Å². The van der Waals surface area contributed by atoms with Gasteiger partial charge in [0.1, 0.15) is 66.7 Å². The molecule has 29 heteroatoms. The van der Waals surface area contributed by atoms with Gasteiger partial charge in [-0.2, -0.15) is 0 Å². The second kappa shape index (κ2) is 35.1. The van der Waals surface area contributed by atoms with Crippen molar-refractivity contribution in [1.29, 1.82) is 0 Å². The highest BCUT2D eigenvalue weighted by atomic mass is 33.1. The van der Waals surface area contributed by atoms with Crippen molar-refractivity contribution in [3.05, 3.63) is 29.8 Å². The topological polar surface area (TPSA) is 421 Å². The smallest absolute Gasteiger partial charge is 0.322 e. The zero-order valence-corrected chi connectivity index (χ0v) is 52.3. The summed E-state index contributed by atoms with van der Waals surface area (Å²) in [5.41, 5.74) is 17.6. The normalized spacial score (nSPS) is 25.1. The van der Waals surface area contributed by atoms with Gasteiger partial charge in [-0.3, -0.25) is 57.7 Å². The van der Waals surface area contributed by atoms with Crippen molar-refractivity contribution in [3.63, 3.8) is 0 Å². The lowest BCUT2D eigenvalue weighted by Gasteiger charge is -2.34. The molecule has 16 N–H and O–H groups in total. The maximum atomic E-state index is 15.0. The van der Waals surface area contributed by atoms with Gasteiger partial charge in [0.15, 0.2) is 5.96 Å². The summed E-state index contributed by atoms with van der Waals surface area (Å²) in [6.45, 7) is 13.9. The van der Waals surface area contributed by atoms with Crippen molar-refractivity contribution in [2.24, 2.45) is 45.9 Å². The Hall–Kier alpha value is -6.88. The Morgan fingerprint density at radius 3 is 1.76 bits per heavy atom. The average Bonchev–Trinajstić information content (AvgIpc) is 2.64. The van der Waals surface area contributed by atoms with Crippen LogP contribution in [0.4, 0.5) is 0 Å². The minimum absolute atomic E-state index is 0.0469. The lowest BCUT2D eigenvalue weighted by atomic mass is 9.94. The Morgan fingerprint density at radius 2 is 1.22 bits per heavy atom. The summed E-state index contributed by atoms with van der Waals surface area (Å²) in [6.07, 6.45) is 2.76. The number of phenols is 1. The molecule has 0 aliphatic carbocycles. The molecule has 1 aromatic carbocycles. The standard InChI is InChI=1S/C57H92N14O13S2/c1-9-31(6)44-54(82)69-46(33(8)11-3)56(84)71-24-14-17-42(71)53(81)66-39(48(76)62-27-43(73)74)28-85-86-29-40(65-49(77)37(25-30(4)5)63-47(75)36(58)15-12-22-61-57(59)60)51(79)68-45(32(7)10-2)55(83)70-23-13-16-41(70)52(80)64-38(50(78)67-44)26-34-18-20-35(72)21-19-34/h18-21,30-33,36-42,44-46,72H,9-17,22-29,58H2,1-8H3,(H,62,76)(H,63,75)(H,64,80)(H,65,77)(H,66,81)(H,67,78)(H,68,79)(H,69,82)(H,73,74)(H4,59,60,61)/t31-,32-,33-,36-,37-,38-,39-,40-,41-,42-,44-,45?,46-/m0/s1. The van der Waals surface area contributed by atoms with E-state index >= 15 is 0 Å². The van der Waals surface area contributed by atoms with Crippen LogP contribution in [0.3, 0.4) is 0 Å². The molecular formula is C57H92N14O13S2. The number of carbonyl (C=O) groups excluding carboxylic acids is 10. The minimum atomic E-state index is -1.44. The number of guanidine groups is 1. The summed E-state index contributed by atoms with van der Waals surface area (Å²) in [7, 11) is 1.99. The third-order valence-electron chi connectivity index (χ3n) is 15.9.